The van der Waals surface area contributed by atoms with Gasteiger partial charge in [-0.05, 0) is 56.3 Å². The number of anilines is 1. The van der Waals surface area contributed by atoms with E-state index in [1.807, 2.05) is 13.8 Å². The molecule has 1 fully saturated rings. The Morgan fingerprint density at radius 2 is 1.79 bits per heavy atom. The van der Waals surface area contributed by atoms with Crippen molar-refractivity contribution in [2.75, 3.05) is 18.1 Å². The Bertz CT molecular complexity index is 945. The van der Waals surface area contributed by atoms with E-state index in [0.29, 0.717) is 12.1 Å². The van der Waals surface area contributed by atoms with Crippen molar-refractivity contribution in [2.45, 2.75) is 25.6 Å². The van der Waals surface area contributed by atoms with Gasteiger partial charge in [0.1, 0.15) is 5.82 Å². The van der Waals surface area contributed by atoms with E-state index in [9.17, 15) is 22.4 Å². The predicted octanol–water partition coefficient (Wildman–Crippen LogP) is 4.41. The quantitative estimate of drug-likeness (QED) is 0.713. The number of rotatable bonds is 2. The monoisotopic (exact) mass is 391 g/mol. The Labute approximate surface area is 159 Å². The summed E-state index contributed by atoms with van der Waals surface area (Å²) in [4.78, 5) is 16.0. The Kier molecular flexibility index (Phi) is 4.79. The molecule has 28 heavy (non-hydrogen) atoms. The highest BCUT2D eigenvalue weighted by Gasteiger charge is 2.41. The normalized spacial score (nSPS) is 16.2. The number of carbonyl (C=O) groups is 1. The van der Waals surface area contributed by atoms with E-state index in [1.54, 1.807) is 11.0 Å². The van der Waals surface area contributed by atoms with Gasteiger partial charge in [0.2, 0.25) is 0 Å². The molecular formula is C20H17F4N3O. The molecule has 4 nitrogen and oxygen atoms in total. The van der Waals surface area contributed by atoms with Crippen LogP contribution in [0, 0.1) is 17.1 Å². The fourth-order valence-electron chi connectivity index (χ4n) is 3.29. The van der Waals surface area contributed by atoms with Crippen molar-refractivity contribution < 1.29 is 22.4 Å². The molecule has 8 heteroatoms. The van der Waals surface area contributed by atoms with Crippen molar-refractivity contribution in [1.29, 1.82) is 5.26 Å². The predicted molar refractivity (Wildman–Crippen MR) is 95.0 cm³/mol. The zero-order valence-electron chi connectivity index (χ0n) is 15.2. The Balaban J connectivity index is 1.91. The van der Waals surface area contributed by atoms with Crippen LogP contribution >= 0.6 is 0 Å². The second-order valence-corrected chi connectivity index (χ2v) is 7.23. The van der Waals surface area contributed by atoms with Gasteiger partial charge in [-0.25, -0.2) is 4.39 Å². The number of carbonyl (C=O) groups excluding carboxylic acids is 1. The van der Waals surface area contributed by atoms with E-state index in [4.69, 9.17) is 5.26 Å². The zero-order chi connectivity index (χ0) is 20.7. The molecule has 2 aromatic carbocycles. The van der Waals surface area contributed by atoms with Gasteiger partial charge >= 0.3 is 6.18 Å². The molecule has 146 valence electrons. The number of benzene rings is 2. The molecule has 0 unspecified atom stereocenters. The maximum absolute atomic E-state index is 13.2. The van der Waals surface area contributed by atoms with Gasteiger partial charge < -0.3 is 9.80 Å². The van der Waals surface area contributed by atoms with Gasteiger partial charge in [0, 0.05) is 17.8 Å². The second kappa shape index (κ2) is 6.82. The largest absolute Gasteiger partial charge is 0.417 e. The third-order valence-electron chi connectivity index (χ3n) is 4.75. The van der Waals surface area contributed by atoms with Gasteiger partial charge in [-0.3, -0.25) is 4.79 Å². The average molecular weight is 391 g/mol. The van der Waals surface area contributed by atoms with Gasteiger partial charge in [-0.15, -0.1) is 0 Å². The molecule has 0 spiro atoms. The number of nitriles is 1. The Morgan fingerprint density at radius 1 is 1.14 bits per heavy atom. The average Bonchev–Trinajstić information content (AvgIpc) is 2.95. The lowest BCUT2D eigenvalue weighted by Gasteiger charge is -2.29. The summed E-state index contributed by atoms with van der Waals surface area (Å²) in [5.41, 5.74) is -1.54. The number of hydrogen-bond donors (Lipinski definition) is 0. The maximum atomic E-state index is 13.2. The molecule has 0 aromatic heterocycles. The number of halogens is 4. The highest BCUT2D eigenvalue weighted by molar-refractivity contribution is 5.95. The fraction of sp³-hybridized carbons (Fsp3) is 0.300. The van der Waals surface area contributed by atoms with Gasteiger partial charge in [0.05, 0.1) is 29.4 Å². The molecule has 0 radical (unpaired) electrons. The summed E-state index contributed by atoms with van der Waals surface area (Å²) in [7, 11) is 0. The van der Waals surface area contributed by atoms with Crippen LogP contribution in [-0.4, -0.2) is 29.6 Å². The Morgan fingerprint density at radius 3 is 2.36 bits per heavy atom. The number of nitrogens with zero attached hydrogens (tertiary/aromatic N) is 3. The first-order valence-corrected chi connectivity index (χ1v) is 8.47. The summed E-state index contributed by atoms with van der Waals surface area (Å²) in [6, 6.07) is 10.2. The van der Waals surface area contributed by atoms with Crippen molar-refractivity contribution in [2.24, 2.45) is 0 Å². The van der Waals surface area contributed by atoms with Crippen LogP contribution in [0.15, 0.2) is 42.5 Å². The highest BCUT2D eigenvalue weighted by Crippen LogP contribution is 2.36. The third kappa shape index (κ3) is 3.65. The highest BCUT2D eigenvalue weighted by atomic mass is 19.4. The Hall–Kier alpha value is -3.08. The van der Waals surface area contributed by atoms with Gasteiger partial charge in [-0.2, -0.15) is 18.4 Å². The van der Waals surface area contributed by atoms with Crippen LogP contribution in [0.4, 0.5) is 23.2 Å². The SMILES string of the molecule is CC1(C)CN(c2ccc(C#N)c(C(F)(F)F)c2)CN1C(=O)c1ccc(F)cc1. The molecular weight excluding hydrogens is 374 g/mol. The standard InChI is InChI=1S/C20H17F4N3O/c1-19(2)11-26(12-27(19)18(28)13-3-6-15(21)7-4-13)16-8-5-14(10-25)17(9-16)20(22,23)24/h3-9H,11-12H2,1-2H3. The smallest absolute Gasteiger partial charge is 0.351 e. The molecule has 1 heterocycles. The minimum absolute atomic E-state index is 0.0758. The molecule has 0 saturated carbocycles. The molecule has 0 atom stereocenters. The van der Waals surface area contributed by atoms with Crippen LogP contribution in [-0.2, 0) is 6.18 Å². The lowest BCUT2D eigenvalue weighted by molar-refractivity contribution is -0.137. The van der Waals surface area contributed by atoms with Gasteiger partial charge in [0.25, 0.3) is 5.91 Å². The molecule has 1 saturated heterocycles. The van der Waals surface area contributed by atoms with Crippen molar-refractivity contribution in [3.8, 4) is 6.07 Å². The summed E-state index contributed by atoms with van der Waals surface area (Å²) in [5.74, 6) is -0.798. The molecule has 0 aliphatic carbocycles. The third-order valence-corrected chi connectivity index (χ3v) is 4.75. The topological polar surface area (TPSA) is 47.3 Å². The lowest BCUT2D eigenvalue weighted by Crippen LogP contribution is -2.44. The van der Waals surface area contributed by atoms with E-state index in [-0.39, 0.29) is 18.3 Å². The summed E-state index contributed by atoms with van der Waals surface area (Å²) < 4.78 is 52.9. The van der Waals surface area contributed by atoms with Crippen molar-refractivity contribution >= 4 is 11.6 Å². The minimum atomic E-state index is -4.65. The molecule has 1 amide bonds. The van der Waals surface area contributed by atoms with Crippen molar-refractivity contribution in [3.63, 3.8) is 0 Å². The number of hydrogen-bond acceptors (Lipinski definition) is 3. The van der Waals surface area contributed by atoms with Crippen molar-refractivity contribution in [1.82, 2.24) is 4.90 Å². The van der Waals surface area contributed by atoms with Crippen molar-refractivity contribution in [3.05, 3.63) is 65.0 Å². The van der Waals surface area contributed by atoms with E-state index in [1.165, 1.54) is 35.2 Å². The van der Waals surface area contributed by atoms with Gasteiger partial charge in [-0.1, -0.05) is 0 Å². The van der Waals surface area contributed by atoms with E-state index in [0.717, 1.165) is 12.1 Å². The number of amides is 1. The maximum Gasteiger partial charge on any atom is 0.417 e. The van der Waals surface area contributed by atoms with Gasteiger partial charge in [0.15, 0.2) is 0 Å². The molecule has 0 bridgehead atoms. The fourth-order valence-corrected chi connectivity index (χ4v) is 3.29. The first-order chi connectivity index (χ1) is 13.0. The first-order valence-electron chi connectivity index (χ1n) is 8.47. The molecule has 3 rings (SSSR count). The van der Waals surface area contributed by atoms with Crippen LogP contribution in [0.3, 0.4) is 0 Å². The van der Waals surface area contributed by atoms with Crippen LogP contribution in [0.25, 0.3) is 0 Å². The first kappa shape index (κ1) is 19.7. The minimum Gasteiger partial charge on any atom is -0.351 e. The zero-order valence-corrected chi connectivity index (χ0v) is 15.2. The summed E-state index contributed by atoms with van der Waals surface area (Å²) >= 11 is 0. The van der Waals surface area contributed by atoms with E-state index < -0.39 is 28.7 Å². The van der Waals surface area contributed by atoms with E-state index in [2.05, 4.69) is 0 Å². The second-order valence-electron chi connectivity index (χ2n) is 7.23. The summed E-state index contributed by atoms with van der Waals surface area (Å²) in [6.07, 6.45) is -4.65. The molecule has 2 aromatic rings. The summed E-state index contributed by atoms with van der Waals surface area (Å²) in [6.45, 7) is 4.00. The molecule has 1 aliphatic rings. The molecule has 0 N–H and O–H groups in total. The number of alkyl halides is 3. The van der Waals surface area contributed by atoms with Crippen LogP contribution in [0.2, 0.25) is 0 Å². The molecule has 1 aliphatic heterocycles. The van der Waals surface area contributed by atoms with E-state index >= 15 is 0 Å². The lowest BCUT2D eigenvalue weighted by atomic mass is 10.0. The van der Waals surface area contributed by atoms with Crippen LogP contribution < -0.4 is 4.90 Å². The summed E-state index contributed by atoms with van der Waals surface area (Å²) in [5, 5.41) is 8.94. The van der Waals surface area contributed by atoms with Crippen LogP contribution in [0.5, 0.6) is 0 Å². The van der Waals surface area contributed by atoms with Crippen LogP contribution in [0.1, 0.15) is 35.3 Å².